The largest absolute Gasteiger partial charge is 0.396 e. The lowest BCUT2D eigenvalue weighted by atomic mass is 9.88. The molecule has 3 heteroatoms. The van der Waals surface area contributed by atoms with Crippen LogP contribution in [-0.4, -0.2) is 4.98 Å². The van der Waals surface area contributed by atoms with E-state index in [1.54, 1.807) is 6.20 Å². The smallest absolute Gasteiger partial charge is 0.149 e. The monoisotopic (exact) mass is 239 g/mol. The lowest BCUT2D eigenvalue weighted by Gasteiger charge is -2.27. The fourth-order valence-corrected chi connectivity index (χ4v) is 2.61. The molecule has 1 aromatic carbocycles. The number of anilines is 2. The first kappa shape index (κ1) is 11.1. The lowest BCUT2D eigenvalue weighted by Crippen LogP contribution is -2.18. The van der Waals surface area contributed by atoms with Gasteiger partial charge in [0.2, 0.25) is 0 Å². The predicted molar refractivity (Wildman–Crippen MR) is 74.4 cm³/mol. The molecular formula is C15H17N3. The maximum atomic E-state index is 5.93. The van der Waals surface area contributed by atoms with E-state index < -0.39 is 0 Å². The summed E-state index contributed by atoms with van der Waals surface area (Å²) in [6.45, 7) is 0. The average molecular weight is 239 g/mol. The summed E-state index contributed by atoms with van der Waals surface area (Å²) in [5.74, 6) is 0.791. The highest BCUT2D eigenvalue weighted by molar-refractivity contribution is 5.61. The van der Waals surface area contributed by atoms with Crippen molar-refractivity contribution in [2.75, 3.05) is 11.1 Å². The second kappa shape index (κ2) is 4.69. The van der Waals surface area contributed by atoms with E-state index in [1.165, 1.54) is 24.0 Å². The third-order valence-corrected chi connectivity index (χ3v) is 3.52. The highest BCUT2D eigenvalue weighted by atomic mass is 15.0. The van der Waals surface area contributed by atoms with Crippen molar-refractivity contribution in [2.24, 2.45) is 0 Å². The van der Waals surface area contributed by atoms with Gasteiger partial charge in [0.25, 0.3) is 0 Å². The molecule has 0 saturated carbocycles. The van der Waals surface area contributed by atoms with Crippen molar-refractivity contribution in [3.8, 4) is 0 Å². The number of nitrogens with one attached hydrogen (secondary N) is 1. The van der Waals surface area contributed by atoms with E-state index in [9.17, 15) is 0 Å². The zero-order valence-electron chi connectivity index (χ0n) is 10.3. The van der Waals surface area contributed by atoms with Crippen molar-refractivity contribution in [3.63, 3.8) is 0 Å². The highest BCUT2D eigenvalue weighted by Gasteiger charge is 2.20. The third-order valence-electron chi connectivity index (χ3n) is 3.52. The summed E-state index contributed by atoms with van der Waals surface area (Å²) in [6, 6.07) is 12.7. The zero-order chi connectivity index (χ0) is 12.4. The number of fused-ring (bicyclic) bond motifs is 1. The van der Waals surface area contributed by atoms with Crippen LogP contribution < -0.4 is 11.1 Å². The van der Waals surface area contributed by atoms with E-state index in [2.05, 4.69) is 34.6 Å². The van der Waals surface area contributed by atoms with Gasteiger partial charge in [0.05, 0.1) is 11.7 Å². The zero-order valence-corrected chi connectivity index (χ0v) is 10.3. The fraction of sp³-hybridized carbons (Fsp3) is 0.267. The van der Waals surface area contributed by atoms with E-state index in [0.717, 1.165) is 12.2 Å². The molecule has 1 heterocycles. The molecule has 1 unspecified atom stereocenters. The molecule has 0 bridgehead atoms. The Morgan fingerprint density at radius 3 is 2.94 bits per heavy atom. The van der Waals surface area contributed by atoms with Gasteiger partial charge in [-0.3, -0.25) is 0 Å². The number of aryl methyl sites for hydroxylation is 1. The molecular weight excluding hydrogens is 222 g/mol. The predicted octanol–water partition coefficient (Wildman–Crippen LogP) is 3.15. The Hall–Kier alpha value is -2.03. The van der Waals surface area contributed by atoms with Gasteiger partial charge in [-0.2, -0.15) is 0 Å². The maximum absolute atomic E-state index is 5.93. The Kier molecular flexibility index (Phi) is 2.89. The second-order valence-electron chi connectivity index (χ2n) is 4.73. The summed E-state index contributed by atoms with van der Waals surface area (Å²) in [6.07, 6.45) is 5.29. The second-order valence-corrected chi connectivity index (χ2v) is 4.73. The molecule has 0 spiro atoms. The van der Waals surface area contributed by atoms with Gasteiger partial charge in [0, 0.05) is 6.20 Å². The van der Waals surface area contributed by atoms with Crippen LogP contribution in [0, 0.1) is 0 Å². The van der Waals surface area contributed by atoms with E-state index in [-0.39, 0.29) is 0 Å². The number of hydrogen-bond acceptors (Lipinski definition) is 3. The molecule has 2 aromatic rings. The Balaban J connectivity index is 1.89. The summed E-state index contributed by atoms with van der Waals surface area (Å²) in [5, 5.41) is 3.47. The van der Waals surface area contributed by atoms with Crippen LogP contribution in [0.15, 0.2) is 42.6 Å². The third kappa shape index (κ3) is 2.04. The summed E-state index contributed by atoms with van der Waals surface area (Å²) in [7, 11) is 0. The number of benzene rings is 1. The molecule has 1 aromatic heterocycles. The van der Waals surface area contributed by atoms with Crippen LogP contribution in [0.5, 0.6) is 0 Å². The molecule has 3 nitrogen and oxygen atoms in total. The van der Waals surface area contributed by atoms with Crippen LogP contribution in [0.3, 0.4) is 0 Å². The van der Waals surface area contributed by atoms with Crippen LogP contribution in [0.1, 0.15) is 30.0 Å². The van der Waals surface area contributed by atoms with Crippen LogP contribution in [0.25, 0.3) is 0 Å². The Bertz CT molecular complexity index is 551. The van der Waals surface area contributed by atoms with Crippen molar-refractivity contribution in [1.29, 1.82) is 0 Å². The van der Waals surface area contributed by atoms with Crippen LogP contribution in [0.4, 0.5) is 11.5 Å². The first-order chi connectivity index (χ1) is 8.84. The molecule has 3 rings (SSSR count). The van der Waals surface area contributed by atoms with Crippen molar-refractivity contribution < 1.29 is 0 Å². The number of hydrogen-bond donors (Lipinski definition) is 2. The molecule has 18 heavy (non-hydrogen) atoms. The molecule has 92 valence electrons. The van der Waals surface area contributed by atoms with Gasteiger partial charge in [0.15, 0.2) is 0 Å². The first-order valence-electron chi connectivity index (χ1n) is 6.39. The van der Waals surface area contributed by atoms with E-state index in [1.807, 2.05) is 12.1 Å². The van der Waals surface area contributed by atoms with Crippen molar-refractivity contribution in [2.45, 2.75) is 25.3 Å². The number of pyridine rings is 1. The number of nitrogens with zero attached hydrogens (tertiary/aromatic N) is 1. The summed E-state index contributed by atoms with van der Waals surface area (Å²) < 4.78 is 0. The minimum atomic E-state index is 0.326. The topological polar surface area (TPSA) is 50.9 Å². The Labute approximate surface area is 107 Å². The fourth-order valence-electron chi connectivity index (χ4n) is 2.61. The molecule has 0 radical (unpaired) electrons. The number of rotatable bonds is 2. The van der Waals surface area contributed by atoms with E-state index in [0.29, 0.717) is 11.7 Å². The van der Waals surface area contributed by atoms with Gasteiger partial charge in [0.1, 0.15) is 5.82 Å². The summed E-state index contributed by atoms with van der Waals surface area (Å²) in [4.78, 5) is 4.31. The molecule has 0 saturated heterocycles. The molecule has 0 aliphatic heterocycles. The van der Waals surface area contributed by atoms with Gasteiger partial charge in [-0.25, -0.2) is 4.98 Å². The number of nitrogen functional groups attached to an aromatic ring is 1. The first-order valence-corrected chi connectivity index (χ1v) is 6.39. The van der Waals surface area contributed by atoms with Crippen molar-refractivity contribution in [1.82, 2.24) is 4.98 Å². The highest BCUT2D eigenvalue weighted by Crippen LogP contribution is 2.32. The van der Waals surface area contributed by atoms with Crippen molar-refractivity contribution >= 4 is 11.5 Å². The number of nitrogens with two attached hydrogens (primary N) is 1. The minimum absolute atomic E-state index is 0.326. The van der Waals surface area contributed by atoms with E-state index in [4.69, 9.17) is 5.73 Å². The maximum Gasteiger partial charge on any atom is 0.149 e. The minimum Gasteiger partial charge on any atom is -0.396 e. The number of aromatic nitrogens is 1. The van der Waals surface area contributed by atoms with Gasteiger partial charge in [-0.1, -0.05) is 24.3 Å². The summed E-state index contributed by atoms with van der Waals surface area (Å²) >= 11 is 0. The Morgan fingerprint density at radius 2 is 2.06 bits per heavy atom. The molecule has 1 aliphatic rings. The van der Waals surface area contributed by atoms with E-state index >= 15 is 0 Å². The molecule has 1 aliphatic carbocycles. The van der Waals surface area contributed by atoms with Gasteiger partial charge in [-0.15, -0.1) is 0 Å². The van der Waals surface area contributed by atoms with Crippen molar-refractivity contribution in [3.05, 3.63) is 53.7 Å². The molecule has 0 amide bonds. The average Bonchev–Trinajstić information content (AvgIpc) is 2.42. The van der Waals surface area contributed by atoms with Gasteiger partial charge in [-0.05, 0) is 42.5 Å². The molecule has 0 fully saturated rings. The van der Waals surface area contributed by atoms with Crippen LogP contribution >= 0.6 is 0 Å². The van der Waals surface area contributed by atoms with Crippen LogP contribution in [0.2, 0.25) is 0 Å². The van der Waals surface area contributed by atoms with Gasteiger partial charge < -0.3 is 11.1 Å². The Morgan fingerprint density at radius 1 is 1.17 bits per heavy atom. The standard InChI is InChI=1S/C15H17N3/c16-13-8-4-10-17-15(13)18-14-9-3-6-11-5-1-2-7-12(11)14/h1-2,4-5,7-8,10,14H,3,6,9,16H2,(H,17,18). The summed E-state index contributed by atoms with van der Waals surface area (Å²) in [5.41, 5.74) is 9.47. The van der Waals surface area contributed by atoms with Crippen LogP contribution in [-0.2, 0) is 6.42 Å². The molecule has 3 N–H and O–H groups in total. The van der Waals surface area contributed by atoms with Gasteiger partial charge >= 0.3 is 0 Å². The quantitative estimate of drug-likeness (QED) is 0.846. The lowest BCUT2D eigenvalue weighted by molar-refractivity contribution is 0.599. The molecule has 1 atom stereocenters. The SMILES string of the molecule is Nc1cccnc1NC1CCCc2ccccc21. The normalized spacial score (nSPS) is 18.1.